The predicted octanol–water partition coefficient (Wildman–Crippen LogP) is 2.35. The number of rotatable bonds is 2. The Balaban J connectivity index is 0. The molecule has 0 atom stereocenters. The SMILES string of the molecule is C=C[CH2][Sn]([CH3])[CH3].Cl. The van der Waals surface area contributed by atoms with Crippen molar-refractivity contribution in [1.29, 1.82) is 0 Å². The van der Waals surface area contributed by atoms with Crippen molar-refractivity contribution in [3.63, 3.8) is 0 Å². The molecule has 0 aliphatic heterocycles. The Labute approximate surface area is 59.1 Å². The molecule has 0 rings (SSSR count). The molecule has 2 heteroatoms. The Morgan fingerprint density at radius 3 is 2.00 bits per heavy atom. The van der Waals surface area contributed by atoms with Gasteiger partial charge in [0, 0.05) is 0 Å². The Hall–Kier alpha value is 0.829. The first-order chi connectivity index (χ1) is 2.77. The van der Waals surface area contributed by atoms with Crippen LogP contribution in [0.5, 0.6) is 0 Å². The van der Waals surface area contributed by atoms with Gasteiger partial charge in [-0.05, 0) is 0 Å². The third kappa shape index (κ3) is 10.9. The molecule has 0 aromatic carbocycles. The van der Waals surface area contributed by atoms with Crippen molar-refractivity contribution in [2.24, 2.45) is 0 Å². The molecule has 0 heterocycles. The molecule has 0 aromatic rings. The van der Waals surface area contributed by atoms with E-state index in [1.807, 2.05) is 6.08 Å². The van der Waals surface area contributed by atoms with Crippen LogP contribution in [0.2, 0.25) is 14.3 Å². The molecule has 1 radical (unpaired) electrons. The van der Waals surface area contributed by atoms with E-state index in [1.54, 1.807) is 0 Å². The molecule has 0 aromatic heterocycles. The Morgan fingerprint density at radius 1 is 1.57 bits per heavy atom. The summed E-state index contributed by atoms with van der Waals surface area (Å²) in [5, 5.41) is 0. The summed E-state index contributed by atoms with van der Waals surface area (Å²) >= 11 is -0.733. The van der Waals surface area contributed by atoms with E-state index in [2.05, 4.69) is 16.5 Å². The van der Waals surface area contributed by atoms with Crippen LogP contribution in [-0.4, -0.2) is 19.8 Å². The van der Waals surface area contributed by atoms with Crippen LogP contribution in [-0.2, 0) is 0 Å². The molecule has 0 aliphatic carbocycles. The minimum absolute atomic E-state index is 0. The molecular weight excluding hydrogens is 214 g/mol. The van der Waals surface area contributed by atoms with Gasteiger partial charge in [-0.25, -0.2) is 0 Å². The molecule has 0 saturated heterocycles. The molecule has 0 N–H and O–H groups in total. The average Bonchev–Trinajstić information content (AvgIpc) is 1.35. The van der Waals surface area contributed by atoms with Crippen LogP contribution in [0.4, 0.5) is 0 Å². The first kappa shape index (κ1) is 10.7. The fourth-order valence-electron chi connectivity index (χ4n) is 0.289. The van der Waals surface area contributed by atoms with E-state index >= 15 is 0 Å². The third-order valence-corrected chi connectivity index (χ3v) is 3.71. The topological polar surface area (TPSA) is 0 Å². The number of hydrogen-bond donors (Lipinski definition) is 0. The van der Waals surface area contributed by atoms with Crippen LogP contribution in [0.25, 0.3) is 0 Å². The number of allylic oxidation sites excluding steroid dienone is 1. The molecule has 0 bridgehead atoms. The largest absolute Gasteiger partial charge is 0.147 e. The second kappa shape index (κ2) is 6.83. The zero-order valence-corrected chi connectivity index (χ0v) is 8.57. The van der Waals surface area contributed by atoms with Gasteiger partial charge in [0.05, 0.1) is 0 Å². The van der Waals surface area contributed by atoms with E-state index < -0.39 is 19.8 Å². The molecular formula is C5H12ClSn. The van der Waals surface area contributed by atoms with Gasteiger partial charge in [0.15, 0.2) is 0 Å². The first-order valence-corrected chi connectivity index (χ1v) is 9.90. The smallest absolute Gasteiger partial charge is 0.147 e. The maximum absolute atomic E-state index is 3.65. The zero-order chi connectivity index (χ0) is 4.99. The van der Waals surface area contributed by atoms with Gasteiger partial charge in [0.2, 0.25) is 0 Å². The van der Waals surface area contributed by atoms with Crippen molar-refractivity contribution in [3.05, 3.63) is 12.7 Å². The fourth-order valence-corrected chi connectivity index (χ4v) is 1.94. The molecule has 0 unspecified atom stereocenters. The predicted molar refractivity (Wildman–Crippen MR) is 39.7 cm³/mol. The van der Waals surface area contributed by atoms with Crippen molar-refractivity contribution >= 4 is 32.2 Å². The molecule has 0 fully saturated rings. The molecule has 0 spiro atoms. The molecule has 0 saturated carbocycles. The van der Waals surface area contributed by atoms with E-state index in [1.165, 1.54) is 4.44 Å². The third-order valence-electron chi connectivity index (χ3n) is 0.553. The van der Waals surface area contributed by atoms with Gasteiger partial charge < -0.3 is 0 Å². The van der Waals surface area contributed by atoms with Gasteiger partial charge in [0.1, 0.15) is 0 Å². The van der Waals surface area contributed by atoms with Crippen LogP contribution in [0.15, 0.2) is 12.7 Å². The maximum Gasteiger partial charge on any atom is -0.147 e. The number of hydrogen-bond acceptors (Lipinski definition) is 0. The Bertz CT molecular complexity index is 43.3. The summed E-state index contributed by atoms with van der Waals surface area (Å²) in [5.74, 6) is 0. The van der Waals surface area contributed by atoms with Crippen molar-refractivity contribution < 1.29 is 0 Å². The van der Waals surface area contributed by atoms with Crippen molar-refractivity contribution in [1.82, 2.24) is 0 Å². The molecule has 0 nitrogen and oxygen atoms in total. The number of halogens is 1. The minimum Gasteiger partial charge on any atom is -0.147 e. The van der Waals surface area contributed by atoms with E-state index in [-0.39, 0.29) is 12.4 Å². The molecule has 0 aliphatic rings. The minimum atomic E-state index is -0.733. The van der Waals surface area contributed by atoms with Crippen molar-refractivity contribution in [2.45, 2.75) is 14.3 Å². The van der Waals surface area contributed by atoms with E-state index in [0.717, 1.165) is 0 Å². The Kier molecular flexibility index (Phi) is 10.5. The summed E-state index contributed by atoms with van der Waals surface area (Å²) in [7, 11) is 0. The van der Waals surface area contributed by atoms with Crippen LogP contribution in [0.1, 0.15) is 0 Å². The van der Waals surface area contributed by atoms with Gasteiger partial charge >= 0.3 is 46.7 Å². The van der Waals surface area contributed by atoms with Gasteiger partial charge in [-0.15, -0.1) is 12.4 Å². The van der Waals surface area contributed by atoms with E-state index in [4.69, 9.17) is 0 Å². The summed E-state index contributed by atoms with van der Waals surface area (Å²) in [6.07, 6.45) is 2.04. The average molecular weight is 226 g/mol. The quantitative estimate of drug-likeness (QED) is 0.501. The van der Waals surface area contributed by atoms with Crippen LogP contribution >= 0.6 is 12.4 Å². The van der Waals surface area contributed by atoms with Crippen molar-refractivity contribution in [3.8, 4) is 0 Å². The molecule has 43 valence electrons. The van der Waals surface area contributed by atoms with Gasteiger partial charge in [-0.1, -0.05) is 0 Å². The standard InChI is InChI=1S/C3H5.2CH3.ClH.Sn/c1-3-2;;;;/h3H,1-2H2;2*1H3;1H;. The van der Waals surface area contributed by atoms with Crippen LogP contribution in [0, 0.1) is 0 Å². The van der Waals surface area contributed by atoms with Crippen molar-refractivity contribution in [2.75, 3.05) is 0 Å². The summed E-state index contributed by atoms with van der Waals surface area (Å²) < 4.78 is 1.34. The van der Waals surface area contributed by atoms with Crippen LogP contribution in [0.3, 0.4) is 0 Å². The first-order valence-electron chi connectivity index (χ1n) is 2.17. The fraction of sp³-hybridized carbons (Fsp3) is 0.600. The van der Waals surface area contributed by atoms with Gasteiger partial charge in [-0.3, -0.25) is 0 Å². The summed E-state index contributed by atoms with van der Waals surface area (Å²) in [5.41, 5.74) is 0. The Morgan fingerprint density at radius 2 is 2.00 bits per heavy atom. The summed E-state index contributed by atoms with van der Waals surface area (Å²) in [6, 6.07) is 0. The monoisotopic (exact) mass is 227 g/mol. The summed E-state index contributed by atoms with van der Waals surface area (Å²) in [4.78, 5) is 4.76. The van der Waals surface area contributed by atoms with Gasteiger partial charge in [-0.2, -0.15) is 0 Å². The molecule has 7 heavy (non-hydrogen) atoms. The van der Waals surface area contributed by atoms with E-state index in [9.17, 15) is 0 Å². The molecule has 0 amide bonds. The maximum atomic E-state index is 3.65. The second-order valence-electron chi connectivity index (χ2n) is 1.70. The normalized spacial score (nSPS) is 7.86. The summed E-state index contributed by atoms with van der Waals surface area (Å²) in [6.45, 7) is 3.65. The van der Waals surface area contributed by atoms with Crippen LogP contribution < -0.4 is 0 Å². The van der Waals surface area contributed by atoms with Gasteiger partial charge in [0.25, 0.3) is 0 Å². The van der Waals surface area contributed by atoms with E-state index in [0.29, 0.717) is 0 Å². The second-order valence-corrected chi connectivity index (χ2v) is 9.76. The zero-order valence-electron chi connectivity index (χ0n) is 4.90.